The molecule has 0 saturated carbocycles. The average molecular weight is 619 g/mol. The molecular formula is C26H27F5N4O4S2. The maximum Gasteiger partial charge on any atom is 0.422 e. The molecule has 0 spiro atoms. The number of nitrogens with two attached hydrogens (primary N) is 1. The molecule has 41 heavy (non-hydrogen) atoms. The third kappa shape index (κ3) is 6.52. The van der Waals surface area contributed by atoms with E-state index in [0.29, 0.717) is 31.4 Å². The van der Waals surface area contributed by atoms with Crippen molar-refractivity contribution in [3.63, 3.8) is 0 Å². The van der Waals surface area contributed by atoms with Gasteiger partial charge in [0.05, 0.1) is 23.7 Å². The average Bonchev–Trinajstić information content (AvgIpc) is 3.50. The summed E-state index contributed by atoms with van der Waals surface area (Å²) in [4.78, 5) is 31.5. The molecule has 3 aromatic rings. The van der Waals surface area contributed by atoms with E-state index < -0.39 is 53.6 Å². The van der Waals surface area contributed by atoms with Gasteiger partial charge in [-0.3, -0.25) is 14.2 Å². The number of carbonyl (C=O) groups is 2. The van der Waals surface area contributed by atoms with E-state index in [9.17, 15) is 27.2 Å². The standard InChI is InChI=1S/C26H27F5N4O4S2/c1-4-13(2)22(32)24(37)39-12-35-18(15-5-6-17(27)20(21(15)28)26(29,30)31)10-41-25(35)33-19(36)7-14-9-40-23-16(14)8-38-11-34(23)3/h5-6,9-10,13,22H,4,7-8,11-12,32H2,1-3H3/t13-,22-/m0/s1. The molecule has 222 valence electrons. The van der Waals surface area contributed by atoms with Crippen LogP contribution in [0.25, 0.3) is 11.3 Å². The largest absolute Gasteiger partial charge is 0.443 e. The first-order valence-corrected chi connectivity index (χ1v) is 14.2. The summed E-state index contributed by atoms with van der Waals surface area (Å²) in [5, 5.41) is 4.03. The molecule has 0 saturated heterocycles. The zero-order valence-electron chi connectivity index (χ0n) is 22.3. The summed E-state index contributed by atoms with van der Waals surface area (Å²) in [6.45, 7) is 3.69. The number of halogens is 5. The van der Waals surface area contributed by atoms with Gasteiger partial charge in [0.15, 0.2) is 11.5 Å². The number of hydrogen-bond acceptors (Lipinski definition) is 8. The lowest BCUT2D eigenvalue weighted by Crippen LogP contribution is -2.38. The number of ether oxygens (including phenoxy) is 2. The first kappa shape index (κ1) is 30.8. The van der Waals surface area contributed by atoms with Gasteiger partial charge in [-0.2, -0.15) is 18.2 Å². The van der Waals surface area contributed by atoms with Gasteiger partial charge in [-0.1, -0.05) is 20.3 Å². The minimum Gasteiger partial charge on any atom is -0.443 e. The summed E-state index contributed by atoms with van der Waals surface area (Å²) in [5.74, 6) is -5.26. The fourth-order valence-corrected chi connectivity index (χ4v) is 6.11. The molecule has 2 N–H and O–H groups in total. The second kappa shape index (κ2) is 12.4. The predicted molar refractivity (Wildman–Crippen MR) is 143 cm³/mol. The summed E-state index contributed by atoms with van der Waals surface area (Å²) in [6, 6.07) is 0.342. The lowest BCUT2D eigenvalue weighted by Gasteiger charge is -2.24. The van der Waals surface area contributed by atoms with E-state index in [-0.39, 0.29) is 22.8 Å². The highest BCUT2D eigenvalue weighted by Crippen LogP contribution is 2.38. The quantitative estimate of drug-likeness (QED) is 0.281. The van der Waals surface area contributed by atoms with Crippen molar-refractivity contribution in [3.05, 3.63) is 56.0 Å². The number of anilines is 1. The molecule has 0 unspecified atom stereocenters. The number of rotatable bonds is 8. The Morgan fingerprint density at radius 2 is 1.95 bits per heavy atom. The zero-order valence-corrected chi connectivity index (χ0v) is 23.9. The van der Waals surface area contributed by atoms with Crippen LogP contribution in [0.5, 0.6) is 0 Å². The summed E-state index contributed by atoms with van der Waals surface area (Å²) in [5.41, 5.74) is 4.62. The molecule has 2 atom stereocenters. The Hall–Kier alpha value is -3.14. The Morgan fingerprint density at radius 1 is 1.22 bits per heavy atom. The Morgan fingerprint density at radius 3 is 2.63 bits per heavy atom. The highest BCUT2D eigenvalue weighted by molar-refractivity contribution is 7.14. The normalized spacial score (nSPS) is 15.5. The molecule has 2 aromatic heterocycles. The number of thiophene rings is 1. The van der Waals surface area contributed by atoms with Gasteiger partial charge >= 0.3 is 12.1 Å². The van der Waals surface area contributed by atoms with Crippen molar-refractivity contribution >= 4 is 39.6 Å². The third-order valence-electron chi connectivity index (χ3n) is 6.71. The van der Waals surface area contributed by atoms with Gasteiger partial charge in [-0.25, -0.2) is 8.78 Å². The summed E-state index contributed by atoms with van der Waals surface area (Å²) in [7, 11) is 1.85. The molecule has 0 radical (unpaired) electrons. The van der Waals surface area contributed by atoms with Gasteiger partial charge in [0, 0.05) is 23.6 Å². The van der Waals surface area contributed by atoms with E-state index in [0.717, 1.165) is 32.5 Å². The highest BCUT2D eigenvalue weighted by Gasteiger charge is 2.39. The van der Waals surface area contributed by atoms with Crippen LogP contribution in [0.1, 0.15) is 37.0 Å². The fraction of sp³-hybridized carbons (Fsp3) is 0.423. The number of benzene rings is 1. The van der Waals surface area contributed by atoms with Crippen LogP contribution >= 0.6 is 22.7 Å². The van der Waals surface area contributed by atoms with Gasteiger partial charge < -0.3 is 20.1 Å². The van der Waals surface area contributed by atoms with Crippen LogP contribution in [-0.4, -0.2) is 36.3 Å². The van der Waals surface area contributed by atoms with Crippen LogP contribution in [0.4, 0.5) is 27.0 Å². The maximum absolute atomic E-state index is 15.1. The van der Waals surface area contributed by atoms with Gasteiger partial charge in [-0.15, -0.1) is 22.7 Å². The predicted octanol–water partition coefficient (Wildman–Crippen LogP) is 5.04. The lowest BCUT2D eigenvalue weighted by atomic mass is 10.0. The van der Waals surface area contributed by atoms with E-state index in [2.05, 4.69) is 4.99 Å². The van der Waals surface area contributed by atoms with Crippen LogP contribution in [0.2, 0.25) is 0 Å². The second-order valence-corrected chi connectivity index (χ2v) is 11.2. The van der Waals surface area contributed by atoms with E-state index >= 15 is 4.39 Å². The smallest absolute Gasteiger partial charge is 0.422 e. The van der Waals surface area contributed by atoms with E-state index in [1.54, 1.807) is 6.92 Å². The summed E-state index contributed by atoms with van der Waals surface area (Å²) < 4.78 is 81.2. The number of amides is 1. The third-order valence-corrected chi connectivity index (χ3v) is 8.76. The number of thiazole rings is 1. The van der Waals surface area contributed by atoms with Crippen molar-refractivity contribution in [2.24, 2.45) is 16.6 Å². The Balaban J connectivity index is 1.73. The van der Waals surface area contributed by atoms with Crippen LogP contribution in [0, 0.1) is 17.6 Å². The minimum atomic E-state index is -5.30. The van der Waals surface area contributed by atoms with Gasteiger partial charge in [0.1, 0.15) is 30.0 Å². The van der Waals surface area contributed by atoms with Gasteiger partial charge in [0.2, 0.25) is 0 Å². The monoisotopic (exact) mass is 618 g/mol. The molecular weight excluding hydrogens is 591 g/mol. The van der Waals surface area contributed by atoms with Crippen molar-refractivity contribution in [1.82, 2.24) is 4.57 Å². The summed E-state index contributed by atoms with van der Waals surface area (Å²) in [6.07, 6.45) is -4.82. The number of hydrogen-bond donors (Lipinski definition) is 1. The maximum atomic E-state index is 15.1. The first-order chi connectivity index (χ1) is 19.3. The molecule has 3 heterocycles. The second-order valence-electron chi connectivity index (χ2n) is 9.52. The number of nitrogens with zero attached hydrogens (tertiary/aromatic N) is 3. The minimum absolute atomic E-state index is 0.0651. The van der Waals surface area contributed by atoms with Crippen molar-refractivity contribution in [2.45, 2.75) is 52.2 Å². The van der Waals surface area contributed by atoms with E-state index in [4.69, 9.17) is 15.2 Å². The molecule has 0 aliphatic carbocycles. The molecule has 0 fully saturated rings. The molecule has 0 bridgehead atoms. The Labute approximate surface area is 239 Å². The zero-order chi connectivity index (χ0) is 30.1. The summed E-state index contributed by atoms with van der Waals surface area (Å²) >= 11 is 2.27. The molecule has 4 rings (SSSR count). The van der Waals surface area contributed by atoms with Crippen molar-refractivity contribution in [3.8, 4) is 11.3 Å². The molecule has 8 nitrogen and oxygen atoms in total. The van der Waals surface area contributed by atoms with E-state index in [1.165, 1.54) is 16.7 Å². The number of carbonyl (C=O) groups excluding carboxylic acids is 2. The van der Waals surface area contributed by atoms with Crippen molar-refractivity contribution in [2.75, 3.05) is 18.7 Å². The number of fused-ring (bicyclic) bond motifs is 1. The van der Waals surface area contributed by atoms with E-state index in [1.807, 2.05) is 24.3 Å². The van der Waals surface area contributed by atoms with Gasteiger partial charge in [-0.05, 0) is 29.0 Å². The lowest BCUT2D eigenvalue weighted by molar-refractivity contribution is -0.150. The van der Waals surface area contributed by atoms with Crippen LogP contribution in [0.15, 0.2) is 27.9 Å². The Kier molecular flexibility index (Phi) is 9.31. The molecule has 1 aliphatic rings. The number of alkyl halides is 3. The number of esters is 1. The molecule has 1 aliphatic heterocycles. The van der Waals surface area contributed by atoms with Crippen LogP contribution < -0.4 is 15.4 Å². The first-order valence-electron chi connectivity index (χ1n) is 12.4. The Bertz CT molecular complexity index is 1510. The SMILES string of the molecule is CC[C@H](C)[C@H](N)C(=O)OCn1c(-c2ccc(F)c(C(F)(F)F)c2F)csc1=NC(=O)Cc1csc2c1COCN2C. The van der Waals surface area contributed by atoms with Crippen molar-refractivity contribution in [1.29, 1.82) is 0 Å². The number of aromatic nitrogens is 1. The highest BCUT2D eigenvalue weighted by atomic mass is 32.1. The topological polar surface area (TPSA) is 99.2 Å². The fourth-order valence-electron chi connectivity index (χ4n) is 4.16. The molecule has 1 aromatic carbocycles. The molecule has 15 heteroatoms. The van der Waals surface area contributed by atoms with Crippen molar-refractivity contribution < 1.29 is 41.0 Å². The molecule has 1 amide bonds. The van der Waals surface area contributed by atoms with Gasteiger partial charge in [0.25, 0.3) is 5.91 Å². The van der Waals surface area contributed by atoms with Crippen LogP contribution in [-0.2, 0) is 45.0 Å². The van der Waals surface area contributed by atoms with Crippen LogP contribution in [0.3, 0.4) is 0 Å².